The molecule has 0 saturated heterocycles. The highest BCUT2D eigenvalue weighted by atomic mass is 32.2. The third-order valence-electron chi connectivity index (χ3n) is 6.48. The normalized spacial score (nSPS) is 16.8. The lowest BCUT2D eigenvalue weighted by molar-refractivity contribution is 0.0940. The second-order valence-electron chi connectivity index (χ2n) is 8.72. The Balaban J connectivity index is 1.47. The number of carbonyl (C=O) groups is 1. The lowest BCUT2D eigenvalue weighted by atomic mass is 9.83. The fourth-order valence-electron chi connectivity index (χ4n) is 4.70. The van der Waals surface area contributed by atoms with Crippen molar-refractivity contribution in [3.05, 3.63) is 89.5 Å². The van der Waals surface area contributed by atoms with Crippen molar-refractivity contribution in [2.75, 3.05) is 0 Å². The van der Waals surface area contributed by atoms with E-state index < -0.39 is 0 Å². The molecule has 1 saturated carbocycles. The van der Waals surface area contributed by atoms with Crippen molar-refractivity contribution in [2.45, 2.75) is 54.9 Å². The Bertz CT molecular complexity index is 1150. The number of carbonyl (C=O) groups excluding carboxylic acids is 1. The highest BCUT2D eigenvalue weighted by molar-refractivity contribution is 7.99. The molecule has 3 aromatic rings. The Morgan fingerprint density at radius 1 is 0.938 bits per heavy atom. The fourth-order valence-corrected chi connectivity index (χ4v) is 5.71. The van der Waals surface area contributed by atoms with Crippen LogP contribution in [0.4, 0.5) is 5.69 Å². The molecule has 5 rings (SSSR count). The molecule has 3 nitrogen and oxygen atoms in total. The molecule has 0 bridgehead atoms. The van der Waals surface area contributed by atoms with Crippen LogP contribution in [0.15, 0.2) is 87.6 Å². The summed E-state index contributed by atoms with van der Waals surface area (Å²) < 4.78 is 0. The zero-order chi connectivity index (χ0) is 21.9. The summed E-state index contributed by atoms with van der Waals surface area (Å²) in [5.41, 5.74) is 5.11. The first-order chi connectivity index (χ1) is 15.7. The van der Waals surface area contributed by atoms with Gasteiger partial charge < -0.3 is 5.32 Å². The van der Waals surface area contributed by atoms with Crippen LogP contribution in [0.3, 0.4) is 0 Å². The monoisotopic (exact) mass is 440 g/mol. The Kier molecular flexibility index (Phi) is 6.13. The number of hydrogen-bond donors (Lipinski definition) is 1. The summed E-state index contributed by atoms with van der Waals surface area (Å²) in [5, 5.41) is 3.13. The number of nitrogens with one attached hydrogen (secondary N) is 1. The summed E-state index contributed by atoms with van der Waals surface area (Å²) in [7, 11) is 0. The van der Waals surface area contributed by atoms with E-state index in [1.54, 1.807) is 11.8 Å². The molecule has 162 valence electrons. The zero-order valence-electron chi connectivity index (χ0n) is 18.4. The fraction of sp³-hybridized carbons (Fsp3) is 0.286. The van der Waals surface area contributed by atoms with Crippen LogP contribution in [-0.4, -0.2) is 11.6 Å². The van der Waals surface area contributed by atoms with Crippen LogP contribution in [0.1, 0.15) is 66.6 Å². The maximum atomic E-state index is 13.0. The molecule has 32 heavy (non-hydrogen) atoms. The minimum Gasteiger partial charge on any atom is -0.346 e. The first-order valence-electron chi connectivity index (χ1n) is 11.5. The highest BCUT2D eigenvalue weighted by Gasteiger charge is 2.26. The Labute approximate surface area is 194 Å². The number of benzene rings is 3. The predicted octanol–water partition coefficient (Wildman–Crippen LogP) is 7.34. The van der Waals surface area contributed by atoms with Gasteiger partial charge in [-0.3, -0.25) is 9.79 Å². The van der Waals surface area contributed by atoms with Gasteiger partial charge in [-0.05, 0) is 49.6 Å². The smallest absolute Gasteiger partial charge is 0.251 e. The van der Waals surface area contributed by atoms with Gasteiger partial charge in [0.05, 0.1) is 17.4 Å². The molecule has 4 heteroatoms. The Morgan fingerprint density at radius 3 is 2.50 bits per heavy atom. The first-order valence-corrected chi connectivity index (χ1v) is 12.4. The van der Waals surface area contributed by atoms with Gasteiger partial charge in [0, 0.05) is 26.8 Å². The second kappa shape index (κ2) is 9.33. The lowest BCUT2D eigenvalue weighted by Gasteiger charge is -2.24. The molecule has 1 heterocycles. The summed E-state index contributed by atoms with van der Waals surface area (Å²) in [5.74, 6) is 0.428. The quantitative estimate of drug-likeness (QED) is 0.461. The average molecular weight is 441 g/mol. The minimum atomic E-state index is -0.0645. The van der Waals surface area contributed by atoms with E-state index >= 15 is 0 Å². The van der Waals surface area contributed by atoms with E-state index in [0.717, 1.165) is 16.1 Å². The summed E-state index contributed by atoms with van der Waals surface area (Å²) in [6.07, 6.45) is 6.25. The molecule has 1 unspecified atom stereocenters. The van der Waals surface area contributed by atoms with Gasteiger partial charge in [-0.1, -0.05) is 79.6 Å². The molecule has 0 aromatic heterocycles. The number of rotatable bonds is 4. The van der Waals surface area contributed by atoms with E-state index in [2.05, 4.69) is 29.6 Å². The average Bonchev–Trinajstić information content (AvgIpc) is 3.01. The third-order valence-corrected chi connectivity index (χ3v) is 7.63. The van der Waals surface area contributed by atoms with Gasteiger partial charge in [0.15, 0.2) is 0 Å². The molecule has 1 aliphatic carbocycles. The van der Waals surface area contributed by atoms with Crippen molar-refractivity contribution in [3.63, 3.8) is 0 Å². The van der Waals surface area contributed by atoms with Gasteiger partial charge in [-0.15, -0.1) is 0 Å². The van der Waals surface area contributed by atoms with Gasteiger partial charge in [-0.25, -0.2) is 0 Å². The molecule has 0 spiro atoms. The van der Waals surface area contributed by atoms with Crippen molar-refractivity contribution in [1.29, 1.82) is 0 Å². The molecule has 1 atom stereocenters. The largest absolute Gasteiger partial charge is 0.346 e. The molecule has 1 fully saturated rings. The topological polar surface area (TPSA) is 41.5 Å². The molecule has 2 aliphatic rings. The molecule has 0 radical (unpaired) electrons. The Morgan fingerprint density at radius 2 is 1.69 bits per heavy atom. The SMILES string of the molecule is CC(NC(=O)c1ccc2c(c1)N=C(C1CCCCC1)c1ccccc1S2)c1ccccc1. The van der Waals surface area contributed by atoms with Crippen molar-refractivity contribution in [3.8, 4) is 0 Å². The van der Waals surface area contributed by atoms with Crippen molar-refractivity contribution < 1.29 is 4.79 Å². The molecular formula is C28H28N2OS. The Hall–Kier alpha value is -2.85. The summed E-state index contributed by atoms with van der Waals surface area (Å²) in [4.78, 5) is 20.6. The van der Waals surface area contributed by atoms with Crippen molar-refractivity contribution in [2.24, 2.45) is 10.9 Å². The third kappa shape index (κ3) is 4.37. The van der Waals surface area contributed by atoms with Crippen LogP contribution >= 0.6 is 11.8 Å². The molecular weight excluding hydrogens is 412 g/mol. The number of fused-ring (bicyclic) bond motifs is 2. The predicted molar refractivity (Wildman–Crippen MR) is 132 cm³/mol. The van der Waals surface area contributed by atoms with Crippen LogP contribution in [0, 0.1) is 5.92 Å². The van der Waals surface area contributed by atoms with Gasteiger partial charge >= 0.3 is 0 Å². The van der Waals surface area contributed by atoms with Gasteiger partial charge in [0.25, 0.3) is 5.91 Å². The number of nitrogens with zero attached hydrogens (tertiary/aromatic N) is 1. The first kappa shape index (κ1) is 21.0. The summed E-state index contributed by atoms with van der Waals surface area (Å²) in [6.45, 7) is 2.02. The summed E-state index contributed by atoms with van der Waals surface area (Å²) in [6, 6.07) is 24.5. The van der Waals surface area contributed by atoms with Crippen molar-refractivity contribution >= 4 is 29.1 Å². The van der Waals surface area contributed by atoms with Gasteiger partial charge in [-0.2, -0.15) is 0 Å². The van der Waals surface area contributed by atoms with Crippen LogP contribution in [0.25, 0.3) is 0 Å². The second-order valence-corrected chi connectivity index (χ2v) is 9.80. The molecule has 1 N–H and O–H groups in total. The number of hydrogen-bond acceptors (Lipinski definition) is 3. The lowest BCUT2D eigenvalue weighted by Crippen LogP contribution is -2.26. The number of aliphatic imine (C=N–C) groups is 1. The van der Waals surface area contributed by atoms with Crippen LogP contribution in [0.5, 0.6) is 0 Å². The van der Waals surface area contributed by atoms with Gasteiger partial charge in [0.2, 0.25) is 0 Å². The minimum absolute atomic E-state index is 0.0533. The van der Waals surface area contributed by atoms with Crippen LogP contribution in [-0.2, 0) is 0 Å². The maximum Gasteiger partial charge on any atom is 0.251 e. The van der Waals surface area contributed by atoms with E-state index in [0.29, 0.717) is 11.5 Å². The van der Waals surface area contributed by atoms with Crippen LogP contribution in [0.2, 0.25) is 0 Å². The van der Waals surface area contributed by atoms with E-state index in [1.807, 2.05) is 55.5 Å². The van der Waals surface area contributed by atoms with E-state index in [9.17, 15) is 4.79 Å². The standard InChI is InChI=1S/C28H28N2OS/c1-19(20-10-4-2-5-11-20)29-28(31)22-16-17-26-24(18-22)30-27(21-12-6-3-7-13-21)23-14-8-9-15-25(23)32-26/h2,4-5,8-11,14-19,21H,3,6-7,12-13H2,1H3,(H,29,31). The van der Waals surface area contributed by atoms with E-state index in [4.69, 9.17) is 4.99 Å². The molecule has 3 aromatic carbocycles. The zero-order valence-corrected chi connectivity index (χ0v) is 19.2. The molecule has 1 aliphatic heterocycles. The van der Waals surface area contributed by atoms with Crippen molar-refractivity contribution in [1.82, 2.24) is 5.32 Å². The van der Waals surface area contributed by atoms with Crippen LogP contribution < -0.4 is 5.32 Å². The maximum absolute atomic E-state index is 13.0. The van der Waals surface area contributed by atoms with E-state index in [1.165, 1.54) is 48.3 Å². The van der Waals surface area contributed by atoms with E-state index in [-0.39, 0.29) is 11.9 Å². The highest BCUT2D eigenvalue weighted by Crippen LogP contribution is 2.43. The number of amides is 1. The molecule has 1 amide bonds. The summed E-state index contributed by atoms with van der Waals surface area (Å²) >= 11 is 1.76. The van der Waals surface area contributed by atoms with Gasteiger partial charge in [0.1, 0.15) is 0 Å².